The number of amides is 1. The van der Waals surface area contributed by atoms with Crippen molar-refractivity contribution >= 4 is 25.6 Å². The summed E-state index contributed by atoms with van der Waals surface area (Å²) in [4.78, 5) is 12.5. The molecule has 8 heteroatoms. The molecule has 0 saturated heterocycles. The van der Waals surface area contributed by atoms with E-state index >= 15 is 0 Å². The van der Waals surface area contributed by atoms with E-state index in [9.17, 15) is 17.6 Å². The monoisotopic (exact) mass is 447 g/mol. The summed E-state index contributed by atoms with van der Waals surface area (Å²) in [6.07, 6.45) is 0.516. The van der Waals surface area contributed by atoms with Gasteiger partial charge in [-0.05, 0) is 60.5 Å². The third kappa shape index (κ3) is 6.30. The zero-order chi connectivity index (χ0) is 21.6. The van der Waals surface area contributed by atoms with Crippen LogP contribution in [0.4, 0.5) is 4.39 Å². The third-order valence-electron chi connectivity index (χ3n) is 4.32. The SMILES string of the molecule is O=C(NC(COc1ccc(S(=O)(=O)Cl)cc1)Cc1ccccc1)c1ccc(F)cc1. The highest BCUT2D eigenvalue weighted by Crippen LogP contribution is 2.19. The van der Waals surface area contributed by atoms with Crippen molar-refractivity contribution in [3.63, 3.8) is 0 Å². The Labute approximate surface area is 178 Å². The molecule has 1 atom stereocenters. The normalized spacial score (nSPS) is 12.2. The van der Waals surface area contributed by atoms with Crippen molar-refractivity contribution in [2.75, 3.05) is 6.61 Å². The van der Waals surface area contributed by atoms with E-state index in [1.54, 1.807) is 0 Å². The molecule has 0 heterocycles. The second-order valence-corrected chi connectivity index (χ2v) is 9.15. The van der Waals surface area contributed by atoms with Gasteiger partial charge >= 0.3 is 0 Å². The lowest BCUT2D eigenvalue weighted by atomic mass is 10.1. The van der Waals surface area contributed by atoms with Crippen molar-refractivity contribution in [3.8, 4) is 5.75 Å². The summed E-state index contributed by atoms with van der Waals surface area (Å²) in [6, 6.07) is 20.2. The molecular formula is C22H19ClFNO4S. The van der Waals surface area contributed by atoms with Gasteiger partial charge in [0.1, 0.15) is 18.2 Å². The molecule has 0 aromatic heterocycles. The molecule has 1 amide bonds. The fourth-order valence-corrected chi connectivity index (χ4v) is 3.59. The summed E-state index contributed by atoms with van der Waals surface area (Å²) >= 11 is 0. The molecule has 0 saturated carbocycles. The number of rotatable bonds is 8. The van der Waals surface area contributed by atoms with E-state index in [1.807, 2.05) is 30.3 Å². The van der Waals surface area contributed by atoms with E-state index in [0.29, 0.717) is 17.7 Å². The Morgan fingerprint density at radius 1 is 0.967 bits per heavy atom. The molecule has 0 spiro atoms. The van der Waals surface area contributed by atoms with Crippen LogP contribution in [0.3, 0.4) is 0 Å². The topological polar surface area (TPSA) is 72.5 Å². The number of carbonyl (C=O) groups excluding carboxylic acids is 1. The van der Waals surface area contributed by atoms with Crippen molar-refractivity contribution in [2.24, 2.45) is 0 Å². The minimum absolute atomic E-state index is 0.0260. The van der Waals surface area contributed by atoms with Crippen LogP contribution in [0.1, 0.15) is 15.9 Å². The summed E-state index contributed by atoms with van der Waals surface area (Å²) in [5.74, 6) is -0.325. The molecule has 0 radical (unpaired) electrons. The number of ether oxygens (including phenoxy) is 1. The molecule has 3 aromatic rings. The van der Waals surface area contributed by atoms with Gasteiger partial charge in [0.25, 0.3) is 15.0 Å². The smallest absolute Gasteiger partial charge is 0.261 e. The van der Waals surface area contributed by atoms with Crippen LogP contribution in [0.2, 0.25) is 0 Å². The highest BCUT2D eigenvalue weighted by molar-refractivity contribution is 8.13. The van der Waals surface area contributed by atoms with Crippen molar-refractivity contribution in [1.29, 1.82) is 0 Å². The summed E-state index contributed by atoms with van der Waals surface area (Å²) in [5, 5.41) is 2.90. The van der Waals surface area contributed by atoms with E-state index in [2.05, 4.69) is 5.32 Å². The van der Waals surface area contributed by atoms with Gasteiger partial charge in [-0.25, -0.2) is 12.8 Å². The minimum atomic E-state index is -3.81. The van der Waals surface area contributed by atoms with Crippen molar-refractivity contribution < 1.29 is 22.3 Å². The number of halogens is 2. The Bertz CT molecular complexity index is 1090. The predicted octanol–water partition coefficient (Wildman–Crippen LogP) is 4.17. The Hall–Kier alpha value is -2.90. The zero-order valence-corrected chi connectivity index (χ0v) is 17.4. The molecule has 1 N–H and O–H groups in total. The average molecular weight is 448 g/mol. The average Bonchev–Trinajstić information content (AvgIpc) is 2.73. The fraction of sp³-hybridized carbons (Fsp3) is 0.136. The minimum Gasteiger partial charge on any atom is -0.491 e. The van der Waals surface area contributed by atoms with Gasteiger partial charge in [-0.3, -0.25) is 4.79 Å². The fourth-order valence-electron chi connectivity index (χ4n) is 2.82. The molecule has 3 rings (SSSR count). The summed E-state index contributed by atoms with van der Waals surface area (Å²) in [7, 11) is 1.51. The van der Waals surface area contributed by atoms with Gasteiger partial charge in [0.2, 0.25) is 0 Å². The first-order chi connectivity index (χ1) is 14.3. The molecular weight excluding hydrogens is 429 g/mol. The van der Waals surface area contributed by atoms with Crippen LogP contribution in [0.5, 0.6) is 5.75 Å². The van der Waals surface area contributed by atoms with Crippen LogP contribution in [-0.2, 0) is 15.5 Å². The molecule has 0 bridgehead atoms. The van der Waals surface area contributed by atoms with Crippen LogP contribution >= 0.6 is 10.7 Å². The first-order valence-corrected chi connectivity index (χ1v) is 11.4. The summed E-state index contributed by atoms with van der Waals surface area (Å²) in [5.41, 5.74) is 1.35. The number of hydrogen-bond donors (Lipinski definition) is 1. The molecule has 5 nitrogen and oxygen atoms in total. The second kappa shape index (κ2) is 9.73. The number of nitrogens with one attached hydrogen (secondary N) is 1. The quantitative estimate of drug-likeness (QED) is 0.526. The Morgan fingerprint density at radius 2 is 1.60 bits per heavy atom. The standard InChI is InChI=1S/C22H19ClFNO4S/c23-30(27,28)21-12-10-20(11-13-21)29-15-19(14-16-4-2-1-3-5-16)25-22(26)17-6-8-18(24)9-7-17/h1-13,19H,14-15H2,(H,25,26). The van der Waals surface area contributed by atoms with E-state index < -0.39 is 14.9 Å². The molecule has 0 fully saturated rings. The maximum atomic E-state index is 13.1. The lowest BCUT2D eigenvalue weighted by Gasteiger charge is -2.20. The molecule has 0 aliphatic carbocycles. The number of hydrogen-bond acceptors (Lipinski definition) is 4. The number of carbonyl (C=O) groups is 1. The lowest BCUT2D eigenvalue weighted by molar-refractivity contribution is 0.0921. The van der Waals surface area contributed by atoms with Crippen LogP contribution < -0.4 is 10.1 Å². The van der Waals surface area contributed by atoms with Gasteiger partial charge in [0, 0.05) is 16.2 Å². The van der Waals surface area contributed by atoms with Gasteiger partial charge in [-0.1, -0.05) is 30.3 Å². The Balaban J connectivity index is 1.70. The van der Waals surface area contributed by atoms with Gasteiger partial charge in [0.05, 0.1) is 10.9 Å². The highest BCUT2D eigenvalue weighted by Gasteiger charge is 2.16. The number of benzene rings is 3. The Kier molecular flexibility index (Phi) is 7.07. The first-order valence-electron chi connectivity index (χ1n) is 9.09. The largest absolute Gasteiger partial charge is 0.491 e. The van der Waals surface area contributed by atoms with Gasteiger partial charge in [0.15, 0.2) is 0 Å². The van der Waals surface area contributed by atoms with E-state index in [-0.39, 0.29) is 23.5 Å². The Morgan fingerprint density at radius 3 is 2.20 bits per heavy atom. The van der Waals surface area contributed by atoms with E-state index in [4.69, 9.17) is 15.4 Å². The summed E-state index contributed by atoms with van der Waals surface area (Å²) in [6.45, 7) is 0.148. The lowest BCUT2D eigenvalue weighted by Crippen LogP contribution is -2.40. The van der Waals surface area contributed by atoms with Crippen LogP contribution in [0.25, 0.3) is 0 Å². The maximum Gasteiger partial charge on any atom is 0.261 e. The van der Waals surface area contributed by atoms with E-state index in [0.717, 1.165) is 5.56 Å². The molecule has 0 aliphatic heterocycles. The van der Waals surface area contributed by atoms with Crippen molar-refractivity contribution in [2.45, 2.75) is 17.4 Å². The molecule has 30 heavy (non-hydrogen) atoms. The van der Waals surface area contributed by atoms with Gasteiger partial charge in [-0.15, -0.1) is 0 Å². The van der Waals surface area contributed by atoms with Crippen LogP contribution in [-0.4, -0.2) is 27.0 Å². The van der Waals surface area contributed by atoms with E-state index in [1.165, 1.54) is 48.5 Å². The van der Waals surface area contributed by atoms with Gasteiger partial charge < -0.3 is 10.1 Å². The predicted molar refractivity (Wildman–Crippen MR) is 113 cm³/mol. The van der Waals surface area contributed by atoms with Crippen LogP contribution in [0, 0.1) is 5.82 Å². The van der Waals surface area contributed by atoms with Crippen LogP contribution in [0.15, 0.2) is 83.8 Å². The zero-order valence-electron chi connectivity index (χ0n) is 15.8. The maximum absolute atomic E-state index is 13.1. The molecule has 3 aromatic carbocycles. The third-order valence-corrected chi connectivity index (χ3v) is 5.69. The molecule has 1 unspecified atom stereocenters. The molecule has 0 aliphatic rings. The second-order valence-electron chi connectivity index (χ2n) is 6.59. The summed E-state index contributed by atoms with van der Waals surface area (Å²) < 4.78 is 41.6. The first kappa shape index (κ1) is 21.8. The highest BCUT2D eigenvalue weighted by atomic mass is 35.7. The van der Waals surface area contributed by atoms with Crippen molar-refractivity contribution in [1.82, 2.24) is 5.32 Å². The van der Waals surface area contributed by atoms with Gasteiger partial charge in [-0.2, -0.15) is 0 Å². The molecule has 156 valence electrons. The van der Waals surface area contributed by atoms with Crippen molar-refractivity contribution in [3.05, 3.63) is 95.8 Å².